The zero-order chi connectivity index (χ0) is 20.2. The van der Waals surface area contributed by atoms with Crippen molar-refractivity contribution in [3.63, 3.8) is 0 Å². The van der Waals surface area contributed by atoms with Crippen LogP contribution in [0.25, 0.3) is 0 Å². The molecule has 1 fully saturated rings. The van der Waals surface area contributed by atoms with E-state index in [2.05, 4.69) is 5.32 Å². The van der Waals surface area contributed by atoms with E-state index in [0.29, 0.717) is 18.9 Å². The number of esters is 1. The molecule has 0 aromatic heterocycles. The summed E-state index contributed by atoms with van der Waals surface area (Å²) in [5, 5.41) is 13.5. The second kappa shape index (κ2) is 8.23. The van der Waals surface area contributed by atoms with Crippen molar-refractivity contribution in [2.24, 2.45) is 5.92 Å². The van der Waals surface area contributed by atoms with Crippen molar-refractivity contribution in [3.8, 4) is 0 Å². The maximum absolute atomic E-state index is 12.8. The molecule has 1 amide bonds. The van der Waals surface area contributed by atoms with Crippen LogP contribution < -0.4 is 10.2 Å². The maximum Gasteiger partial charge on any atom is 0.416 e. The highest BCUT2D eigenvalue weighted by Gasteiger charge is 2.35. The van der Waals surface area contributed by atoms with Crippen molar-refractivity contribution in [2.75, 3.05) is 31.6 Å². The van der Waals surface area contributed by atoms with Gasteiger partial charge >= 0.3 is 12.1 Å². The SMILES string of the molecule is CNC(=O)COC(=O)C1CCN(c2ccc(C(F)(F)F)cc2[N+](=O)[O-])CC1. The first kappa shape index (κ1) is 20.5. The smallest absolute Gasteiger partial charge is 0.416 e. The summed E-state index contributed by atoms with van der Waals surface area (Å²) in [6, 6.07) is 2.39. The van der Waals surface area contributed by atoms with Crippen LogP contribution in [0.15, 0.2) is 18.2 Å². The van der Waals surface area contributed by atoms with Gasteiger partial charge in [-0.25, -0.2) is 0 Å². The molecule has 27 heavy (non-hydrogen) atoms. The van der Waals surface area contributed by atoms with E-state index in [9.17, 15) is 32.9 Å². The highest BCUT2D eigenvalue weighted by atomic mass is 19.4. The molecule has 11 heteroatoms. The van der Waals surface area contributed by atoms with E-state index >= 15 is 0 Å². The third-order valence-corrected chi connectivity index (χ3v) is 4.29. The number of piperidine rings is 1. The molecule has 0 aliphatic carbocycles. The molecule has 8 nitrogen and oxygen atoms in total. The van der Waals surface area contributed by atoms with Gasteiger partial charge in [0.1, 0.15) is 5.69 Å². The number of halogens is 3. The Hall–Kier alpha value is -2.85. The zero-order valence-corrected chi connectivity index (χ0v) is 14.4. The second-order valence-corrected chi connectivity index (χ2v) is 6.00. The van der Waals surface area contributed by atoms with Crippen LogP contribution in [-0.2, 0) is 20.5 Å². The molecule has 148 valence electrons. The quantitative estimate of drug-likeness (QED) is 0.470. The minimum Gasteiger partial charge on any atom is -0.455 e. The Kier molecular flexibility index (Phi) is 6.24. The van der Waals surface area contributed by atoms with Crippen molar-refractivity contribution in [1.82, 2.24) is 5.32 Å². The molecular formula is C16H18F3N3O5. The lowest BCUT2D eigenvalue weighted by Gasteiger charge is -2.32. The number of nitrogens with one attached hydrogen (secondary N) is 1. The third kappa shape index (κ3) is 5.08. The number of hydrogen-bond donors (Lipinski definition) is 1. The minimum absolute atomic E-state index is 0.0742. The van der Waals surface area contributed by atoms with Gasteiger partial charge in [0.25, 0.3) is 11.6 Å². The fourth-order valence-corrected chi connectivity index (χ4v) is 2.80. The number of anilines is 1. The molecule has 0 saturated carbocycles. The Balaban J connectivity index is 2.06. The number of likely N-dealkylation sites (N-methyl/N-ethyl adjacent to an activating group) is 1. The van der Waals surface area contributed by atoms with E-state index in [1.807, 2.05) is 0 Å². The highest BCUT2D eigenvalue weighted by Crippen LogP contribution is 2.37. The number of nitro groups is 1. The monoisotopic (exact) mass is 389 g/mol. The molecule has 0 radical (unpaired) electrons. The average molecular weight is 389 g/mol. The van der Waals surface area contributed by atoms with Gasteiger partial charge < -0.3 is 15.0 Å². The lowest BCUT2D eigenvalue weighted by atomic mass is 9.96. The van der Waals surface area contributed by atoms with E-state index in [1.165, 1.54) is 7.05 Å². The summed E-state index contributed by atoms with van der Waals surface area (Å²) in [6.45, 7) is 0.0951. The predicted octanol–water partition coefficient (Wildman–Crippen LogP) is 2.12. The van der Waals surface area contributed by atoms with Gasteiger partial charge in [-0.2, -0.15) is 13.2 Å². The van der Waals surface area contributed by atoms with Gasteiger partial charge in [-0.1, -0.05) is 0 Å². The molecule has 0 atom stereocenters. The number of ether oxygens (including phenoxy) is 1. The Morgan fingerprint density at radius 1 is 1.33 bits per heavy atom. The van der Waals surface area contributed by atoms with Gasteiger partial charge in [0.2, 0.25) is 0 Å². The van der Waals surface area contributed by atoms with Crippen LogP contribution in [-0.4, -0.2) is 43.5 Å². The number of nitrogens with zero attached hydrogens (tertiary/aromatic N) is 2. The van der Waals surface area contributed by atoms with Crippen molar-refractivity contribution >= 4 is 23.3 Å². The molecule has 1 N–H and O–H groups in total. The first-order chi connectivity index (χ1) is 12.6. The van der Waals surface area contributed by atoms with Crippen LogP contribution in [0.1, 0.15) is 18.4 Å². The summed E-state index contributed by atoms with van der Waals surface area (Å²) in [6.07, 6.45) is -4.06. The second-order valence-electron chi connectivity index (χ2n) is 6.00. The lowest BCUT2D eigenvalue weighted by molar-refractivity contribution is -0.384. The van der Waals surface area contributed by atoms with E-state index in [0.717, 1.165) is 12.1 Å². The normalized spacial score (nSPS) is 15.3. The van der Waals surface area contributed by atoms with Crippen LogP contribution in [0.3, 0.4) is 0 Å². The van der Waals surface area contributed by atoms with Gasteiger partial charge in [0.15, 0.2) is 6.61 Å². The molecule has 0 bridgehead atoms. The Labute approximate surface area is 152 Å². The first-order valence-electron chi connectivity index (χ1n) is 8.11. The van der Waals surface area contributed by atoms with E-state index in [-0.39, 0.29) is 25.4 Å². The van der Waals surface area contributed by atoms with E-state index < -0.39 is 40.1 Å². The molecule has 0 unspecified atom stereocenters. The first-order valence-corrected chi connectivity index (χ1v) is 8.11. The molecule has 0 spiro atoms. The fourth-order valence-electron chi connectivity index (χ4n) is 2.80. The number of benzene rings is 1. The van der Waals surface area contributed by atoms with Crippen LogP contribution in [0, 0.1) is 16.0 Å². The largest absolute Gasteiger partial charge is 0.455 e. The lowest BCUT2D eigenvalue weighted by Crippen LogP contribution is -2.38. The highest BCUT2D eigenvalue weighted by molar-refractivity contribution is 5.81. The molecule has 1 heterocycles. The van der Waals surface area contributed by atoms with Gasteiger partial charge in [0, 0.05) is 26.2 Å². The molecule has 1 aliphatic rings. The molecule has 1 aliphatic heterocycles. The Morgan fingerprint density at radius 2 is 1.96 bits per heavy atom. The topological polar surface area (TPSA) is 102 Å². The van der Waals surface area contributed by atoms with Crippen LogP contribution in [0.5, 0.6) is 0 Å². The van der Waals surface area contributed by atoms with Gasteiger partial charge in [0.05, 0.1) is 16.4 Å². The van der Waals surface area contributed by atoms with Crippen LogP contribution in [0.4, 0.5) is 24.5 Å². The summed E-state index contributed by atoms with van der Waals surface area (Å²) in [4.78, 5) is 34.9. The zero-order valence-electron chi connectivity index (χ0n) is 14.4. The fraction of sp³-hybridized carbons (Fsp3) is 0.500. The van der Waals surface area contributed by atoms with E-state index in [4.69, 9.17) is 4.74 Å². The van der Waals surface area contributed by atoms with Gasteiger partial charge in [-0.05, 0) is 25.0 Å². The van der Waals surface area contributed by atoms with Crippen molar-refractivity contribution < 1.29 is 32.4 Å². The van der Waals surface area contributed by atoms with Crippen molar-refractivity contribution in [1.29, 1.82) is 0 Å². The predicted molar refractivity (Wildman–Crippen MR) is 88.1 cm³/mol. The number of amides is 1. The third-order valence-electron chi connectivity index (χ3n) is 4.29. The minimum atomic E-state index is -4.68. The molecule has 2 rings (SSSR count). The molecule has 1 aromatic carbocycles. The van der Waals surface area contributed by atoms with E-state index in [1.54, 1.807) is 4.90 Å². The number of carbonyl (C=O) groups excluding carboxylic acids is 2. The van der Waals surface area contributed by atoms with Crippen molar-refractivity contribution in [2.45, 2.75) is 19.0 Å². The standard InChI is InChI=1S/C16H18F3N3O5/c1-20-14(23)9-27-15(24)10-4-6-21(7-5-10)12-3-2-11(16(17,18)19)8-13(12)22(25)26/h2-3,8,10H,4-7,9H2,1H3,(H,20,23). The maximum atomic E-state index is 12.8. The van der Waals surface area contributed by atoms with Crippen LogP contribution in [0.2, 0.25) is 0 Å². The number of rotatable bonds is 5. The van der Waals surface area contributed by atoms with Crippen molar-refractivity contribution in [3.05, 3.63) is 33.9 Å². The summed E-state index contributed by atoms with van der Waals surface area (Å²) in [7, 11) is 1.41. The summed E-state index contributed by atoms with van der Waals surface area (Å²) in [5.41, 5.74) is -1.65. The number of nitro benzene ring substituents is 1. The van der Waals surface area contributed by atoms with Crippen LogP contribution >= 0.6 is 0 Å². The molecule has 1 saturated heterocycles. The Morgan fingerprint density at radius 3 is 2.48 bits per heavy atom. The van der Waals surface area contributed by atoms with Gasteiger partial charge in [-0.3, -0.25) is 19.7 Å². The number of hydrogen-bond acceptors (Lipinski definition) is 6. The molecular weight excluding hydrogens is 371 g/mol. The van der Waals surface area contributed by atoms with Gasteiger partial charge in [-0.15, -0.1) is 0 Å². The summed E-state index contributed by atoms with van der Waals surface area (Å²) < 4.78 is 43.2. The average Bonchev–Trinajstić information content (AvgIpc) is 2.64. The Bertz CT molecular complexity index is 731. The summed E-state index contributed by atoms with van der Waals surface area (Å²) in [5.74, 6) is -1.46. The number of carbonyl (C=O) groups is 2. The molecule has 1 aromatic rings. The summed E-state index contributed by atoms with van der Waals surface area (Å²) >= 11 is 0. The number of alkyl halides is 3.